The molecule has 0 atom stereocenters. The summed E-state index contributed by atoms with van der Waals surface area (Å²) < 4.78 is 9.53. The fraction of sp³-hybridized carbons (Fsp3) is 0.143. The Balaban J connectivity index is 2.14. The number of esters is 1. The van der Waals surface area contributed by atoms with Crippen LogP contribution in [0.5, 0.6) is 0 Å². The van der Waals surface area contributed by atoms with Crippen molar-refractivity contribution in [3.63, 3.8) is 0 Å². The number of fused-ring (bicyclic) bond motifs is 1. The van der Waals surface area contributed by atoms with Crippen LogP contribution in [0, 0.1) is 0 Å². The molecular weight excluding hydrogens is 322 g/mol. The predicted octanol–water partition coefficient (Wildman–Crippen LogP) is 3.06. The van der Waals surface area contributed by atoms with Crippen molar-refractivity contribution in [2.24, 2.45) is 0 Å². The van der Waals surface area contributed by atoms with Crippen LogP contribution in [-0.4, -0.2) is 26.8 Å². The smallest absolute Gasteiger partial charge is 0.357 e. The first kappa shape index (κ1) is 12.9. The molecule has 0 aliphatic carbocycles. The van der Waals surface area contributed by atoms with Crippen LogP contribution in [0.3, 0.4) is 0 Å². The SMILES string of the molecule is CCOC(=O)c1ccnn1-c1ccc2ccc(Br)cn12. The lowest BCUT2D eigenvalue weighted by molar-refractivity contribution is 0.0515. The third-order valence-electron chi connectivity index (χ3n) is 2.94. The van der Waals surface area contributed by atoms with Gasteiger partial charge in [0.05, 0.1) is 12.8 Å². The fourth-order valence-corrected chi connectivity index (χ4v) is 2.42. The summed E-state index contributed by atoms with van der Waals surface area (Å²) >= 11 is 3.44. The van der Waals surface area contributed by atoms with E-state index in [4.69, 9.17) is 4.74 Å². The maximum absolute atomic E-state index is 11.9. The van der Waals surface area contributed by atoms with Gasteiger partial charge in [0.25, 0.3) is 0 Å². The highest BCUT2D eigenvalue weighted by atomic mass is 79.9. The molecule has 0 aliphatic rings. The van der Waals surface area contributed by atoms with Crippen LogP contribution in [0.4, 0.5) is 0 Å². The summed E-state index contributed by atoms with van der Waals surface area (Å²) in [6, 6.07) is 9.49. The molecule has 20 heavy (non-hydrogen) atoms. The van der Waals surface area contributed by atoms with E-state index in [9.17, 15) is 4.79 Å². The Labute approximate surface area is 123 Å². The fourth-order valence-electron chi connectivity index (χ4n) is 2.08. The molecule has 0 aromatic carbocycles. The van der Waals surface area contributed by atoms with Gasteiger partial charge in [0.15, 0.2) is 5.69 Å². The molecule has 3 rings (SSSR count). The highest BCUT2D eigenvalue weighted by Crippen LogP contribution is 2.19. The van der Waals surface area contributed by atoms with Gasteiger partial charge < -0.3 is 9.14 Å². The van der Waals surface area contributed by atoms with E-state index in [0.29, 0.717) is 12.3 Å². The number of hydrogen-bond donors (Lipinski definition) is 0. The predicted molar refractivity (Wildman–Crippen MR) is 78.2 cm³/mol. The lowest BCUT2D eigenvalue weighted by atomic mass is 10.4. The molecule has 0 saturated carbocycles. The number of carbonyl (C=O) groups is 1. The first-order valence-corrected chi connectivity index (χ1v) is 6.98. The minimum Gasteiger partial charge on any atom is -0.461 e. The van der Waals surface area contributed by atoms with Crippen molar-refractivity contribution >= 4 is 27.4 Å². The van der Waals surface area contributed by atoms with Gasteiger partial charge in [0, 0.05) is 16.2 Å². The highest BCUT2D eigenvalue weighted by molar-refractivity contribution is 9.10. The second-order valence-corrected chi connectivity index (χ2v) is 5.10. The third kappa shape index (κ3) is 2.12. The molecule has 0 spiro atoms. The van der Waals surface area contributed by atoms with Crippen LogP contribution in [0.15, 0.2) is 47.2 Å². The number of pyridine rings is 1. The van der Waals surface area contributed by atoms with Gasteiger partial charge in [-0.25, -0.2) is 9.48 Å². The normalized spacial score (nSPS) is 10.9. The van der Waals surface area contributed by atoms with Crippen molar-refractivity contribution in [2.75, 3.05) is 6.61 Å². The Morgan fingerprint density at radius 2 is 2.10 bits per heavy atom. The van der Waals surface area contributed by atoms with Crippen molar-refractivity contribution in [3.8, 4) is 5.82 Å². The van der Waals surface area contributed by atoms with E-state index in [0.717, 1.165) is 15.8 Å². The Bertz CT molecular complexity index is 776. The minimum atomic E-state index is -0.380. The van der Waals surface area contributed by atoms with E-state index in [-0.39, 0.29) is 5.97 Å². The van der Waals surface area contributed by atoms with Gasteiger partial charge in [0.2, 0.25) is 0 Å². The summed E-state index contributed by atoms with van der Waals surface area (Å²) in [6.07, 6.45) is 3.52. The van der Waals surface area contributed by atoms with E-state index in [1.807, 2.05) is 34.9 Å². The van der Waals surface area contributed by atoms with Crippen molar-refractivity contribution in [3.05, 3.63) is 52.9 Å². The molecule has 0 N–H and O–H groups in total. The average molecular weight is 334 g/mol. The van der Waals surface area contributed by atoms with E-state index in [2.05, 4.69) is 21.0 Å². The van der Waals surface area contributed by atoms with Crippen LogP contribution < -0.4 is 0 Å². The van der Waals surface area contributed by atoms with Crippen LogP contribution in [0.1, 0.15) is 17.4 Å². The molecule has 0 bridgehead atoms. The Morgan fingerprint density at radius 1 is 1.30 bits per heavy atom. The van der Waals surface area contributed by atoms with Crippen molar-refractivity contribution in [1.29, 1.82) is 0 Å². The lowest BCUT2D eigenvalue weighted by Crippen LogP contribution is -2.13. The second-order valence-electron chi connectivity index (χ2n) is 4.18. The molecule has 0 saturated heterocycles. The number of carbonyl (C=O) groups excluding carboxylic acids is 1. The molecule has 0 amide bonds. The molecule has 3 aromatic rings. The third-order valence-corrected chi connectivity index (χ3v) is 3.41. The monoisotopic (exact) mass is 333 g/mol. The van der Waals surface area contributed by atoms with Crippen molar-refractivity contribution in [2.45, 2.75) is 6.92 Å². The molecule has 3 aromatic heterocycles. The van der Waals surface area contributed by atoms with Crippen molar-refractivity contribution < 1.29 is 9.53 Å². The van der Waals surface area contributed by atoms with Gasteiger partial charge >= 0.3 is 5.97 Å². The first-order valence-electron chi connectivity index (χ1n) is 6.19. The summed E-state index contributed by atoms with van der Waals surface area (Å²) in [4.78, 5) is 11.9. The van der Waals surface area contributed by atoms with E-state index in [1.165, 1.54) is 0 Å². The molecule has 3 heterocycles. The van der Waals surface area contributed by atoms with Gasteiger partial charge in [0.1, 0.15) is 5.82 Å². The highest BCUT2D eigenvalue weighted by Gasteiger charge is 2.16. The number of nitrogens with zero attached hydrogens (tertiary/aromatic N) is 3. The van der Waals surface area contributed by atoms with Gasteiger partial charge in [-0.05, 0) is 53.2 Å². The molecule has 6 heteroatoms. The number of halogens is 1. The molecule has 5 nitrogen and oxygen atoms in total. The topological polar surface area (TPSA) is 48.5 Å². The number of rotatable bonds is 3. The van der Waals surface area contributed by atoms with Gasteiger partial charge in [-0.15, -0.1) is 0 Å². The summed E-state index contributed by atoms with van der Waals surface area (Å²) in [6.45, 7) is 2.12. The molecule has 0 radical (unpaired) electrons. The summed E-state index contributed by atoms with van der Waals surface area (Å²) in [5, 5.41) is 4.22. The minimum absolute atomic E-state index is 0.338. The van der Waals surface area contributed by atoms with Crippen LogP contribution in [0.25, 0.3) is 11.3 Å². The Hall–Kier alpha value is -2.08. The largest absolute Gasteiger partial charge is 0.461 e. The average Bonchev–Trinajstić information content (AvgIpc) is 3.03. The molecule has 102 valence electrons. The number of aromatic nitrogens is 3. The standard InChI is InChI=1S/C14H12BrN3O2/c1-2-20-14(19)12-7-8-16-18(12)13-6-5-11-4-3-10(15)9-17(11)13/h3-9H,2H2,1H3. The zero-order valence-electron chi connectivity index (χ0n) is 10.8. The maximum atomic E-state index is 11.9. The summed E-state index contributed by atoms with van der Waals surface area (Å²) in [7, 11) is 0. The number of ether oxygens (including phenoxy) is 1. The zero-order valence-corrected chi connectivity index (χ0v) is 12.4. The first-order chi connectivity index (χ1) is 9.70. The Kier molecular flexibility index (Phi) is 3.31. The van der Waals surface area contributed by atoms with Crippen molar-refractivity contribution in [1.82, 2.24) is 14.2 Å². The summed E-state index contributed by atoms with van der Waals surface area (Å²) in [5.74, 6) is 0.407. The van der Waals surface area contributed by atoms with Crippen LogP contribution >= 0.6 is 15.9 Å². The van der Waals surface area contributed by atoms with E-state index < -0.39 is 0 Å². The quantitative estimate of drug-likeness (QED) is 0.692. The molecular formula is C14H12BrN3O2. The molecule has 0 unspecified atom stereocenters. The maximum Gasteiger partial charge on any atom is 0.357 e. The number of hydrogen-bond acceptors (Lipinski definition) is 3. The Morgan fingerprint density at radius 3 is 2.90 bits per heavy atom. The van der Waals surface area contributed by atoms with E-state index in [1.54, 1.807) is 23.9 Å². The van der Waals surface area contributed by atoms with Crippen LogP contribution in [0.2, 0.25) is 0 Å². The summed E-state index contributed by atoms with van der Waals surface area (Å²) in [5.41, 5.74) is 1.43. The van der Waals surface area contributed by atoms with Gasteiger partial charge in [-0.3, -0.25) is 0 Å². The van der Waals surface area contributed by atoms with Crippen LogP contribution in [-0.2, 0) is 4.74 Å². The van der Waals surface area contributed by atoms with E-state index >= 15 is 0 Å². The van der Waals surface area contributed by atoms with Gasteiger partial charge in [-0.1, -0.05) is 0 Å². The molecule has 0 aliphatic heterocycles. The lowest BCUT2D eigenvalue weighted by Gasteiger charge is -2.07. The zero-order chi connectivity index (χ0) is 14.1. The van der Waals surface area contributed by atoms with Gasteiger partial charge in [-0.2, -0.15) is 5.10 Å². The second kappa shape index (κ2) is 5.13. The molecule has 0 fully saturated rings.